The second kappa shape index (κ2) is 8.92. The number of ether oxygens (including phenoxy) is 1. The number of nitrogens with zero attached hydrogens (tertiary/aromatic N) is 1. The van der Waals surface area contributed by atoms with Gasteiger partial charge < -0.3 is 30.3 Å². The SMILES string of the molecule is CCC(C)(O)C/C(=N/OS(=O)(=O)O)S[C@@H]1O[C@H](CO)[C@@H](O)[C@H](O)[C@H]1O. The lowest BCUT2D eigenvalue weighted by Crippen LogP contribution is -2.57. The Bertz CT molecular complexity index is 564. The van der Waals surface area contributed by atoms with Crippen molar-refractivity contribution in [3.63, 3.8) is 0 Å². The van der Waals surface area contributed by atoms with Crippen molar-refractivity contribution in [3.05, 3.63) is 0 Å². The fourth-order valence-corrected chi connectivity index (χ4v) is 3.41. The van der Waals surface area contributed by atoms with E-state index in [1.54, 1.807) is 6.92 Å². The molecule has 1 saturated heterocycles. The number of rotatable bonds is 7. The lowest BCUT2D eigenvalue weighted by atomic mass is 10.0. The van der Waals surface area contributed by atoms with E-state index in [1.165, 1.54) is 6.92 Å². The molecule has 0 saturated carbocycles. The molecule has 1 fully saturated rings. The van der Waals surface area contributed by atoms with Crippen molar-refractivity contribution in [1.82, 2.24) is 0 Å². The lowest BCUT2D eigenvalue weighted by molar-refractivity contribution is -0.205. The number of aliphatic hydroxyl groups is 5. The van der Waals surface area contributed by atoms with E-state index in [0.717, 1.165) is 0 Å². The summed E-state index contributed by atoms with van der Waals surface area (Å²) in [5.74, 6) is 0. The minimum atomic E-state index is -4.89. The van der Waals surface area contributed by atoms with Crippen LogP contribution < -0.4 is 0 Å². The Hall–Kier alpha value is -0.510. The average Bonchev–Trinajstić information content (AvgIpc) is 2.52. The summed E-state index contributed by atoms with van der Waals surface area (Å²) in [6, 6.07) is 0. The summed E-state index contributed by atoms with van der Waals surface area (Å²) in [5.41, 5.74) is -2.55. The van der Waals surface area contributed by atoms with Crippen molar-refractivity contribution in [3.8, 4) is 0 Å². The van der Waals surface area contributed by atoms with Crippen molar-refractivity contribution in [2.75, 3.05) is 6.61 Å². The second-order valence-electron chi connectivity index (χ2n) is 5.83. The number of thioether (sulfide) groups is 1. The van der Waals surface area contributed by atoms with Crippen molar-refractivity contribution >= 4 is 27.2 Å². The molecule has 25 heavy (non-hydrogen) atoms. The van der Waals surface area contributed by atoms with Gasteiger partial charge in [0.2, 0.25) is 0 Å². The van der Waals surface area contributed by atoms with Gasteiger partial charge in [0.25, 0.3) is 0 Å². The molecule has 1 unspecified atom stereocenters. The Morgan fingerprint density at radius 3 is 2.36 bits per heavy atom. The highest BCUT2D eigenvalue weighted by Gasteiger charge is 2.44. The van der Waals surface area contributed by atoms with Crippen LogP contribution in [0.2, 0.25) is 0 Å². The third-order valence-corrected chi connectivity index (χ3v) is 5.00. The Morgan fingerprint density at radius 2 is 1.88 bits per heavy atom. The van der Waals surface area contributed by atoms with E-state index in [-0.39, 0.29) is 17.9 Å². The van der Waals surface area contributed by atoms with Crippen LogP contribution in [0, 0.1) is 0 Å². The maximum Gasteiger partial charge on any atom is 0.466 e. The van der Waals surface area contributed by atoms with Crippen LogP contribution in [-0.4, -0.2) is 85.6 Å². The zero-order valence-corrected chi connectivity index (χ0v) is 15.2. The van der Waals surface area contributed by atoms with E-state index >= 15 is 0 Å². The summed E-state index contributed by atoms with van der Waals surface area (Å²) >= 11 is 0.617. The van der Waals surface area contributed by atoms with Crippen molar-refractivity contribution in [1.29, 1.82) is 0 Å². The van der Waals surface area contributed by atoms with Gasteiger partial charge in [-0.05, 0) is 13.3 Å². The van der Waals surface area contributed by atoms with Gasteiger partial charge in [0, 0.05) is 6.42 Å². The summed E-state index contributed by atoms with van der Waals surface area (Å²) in [5, 5.41) is 51.8. The van der Waals surface area contributed by atoms with Crippen LogP contribution >= 0.6 is 11.8 Å². The number of hydrogen-bond donors (Lipinski definition) is 6. The van der Waals surface area contributed by atoms with Gasteiger partial charge in [0.05, 0.1) is 12.2 Å². The van der Waals surface area contributed by atoms with Gasteiger partial charge in [-0.15, -0.1) is 0 Å². The molecule has 0 aromatic rings. The Labute approximate surface area is 149 Å². The largest absolute Gasteiger partial charge is 0.466 e. The van der Waals surface area contributed by atoms with Crippen LogP contribution in [-0.2, 0) is 19.4 Å². The van der Waals surface area contributed by atoms with E-state index in [9.17, 15) is 28.8 Å². The Kier molecular flexibility index (Phi) is 8.04. The number of aliphatic hydroxyl groups excluding tert-OH is 4. The molecular weight excluding hydrogens is 382 g/mol. The maximum absolute atomic E-state index is 10.7. The van der Waals surface area contributed by atoms with Crippen LogP contribution in [0.5, 0.6) is 0 Å². The molecule has 1 aliphatic rings. The summed E-state index contributed by atoms with van der Waals surface area (Å²) in [6.45, 7) is 2.48. The van der Waals surface area contributed by atoms with Crippen molar-refractivity contribution < 1.29 is 47.5 Å². The van der Waals surface area contributed by atoms with Gasteiger partial charge in [-0.25, -0.2) is 4.28 Å². The lowest BCUT2D eigenvalue weighted by Gasteiger charge is -2.39. The van der Waals surface area contributed by atoms with E-state index in [2.05, 4.69) is 9.44 Å². The monoisotopic (exact) mass is 405 g/mol. The zero-order chi connectivity index (χ0) is 19.4. The van der Waals surface area contributed by atoms with E-state index < -0.39 is 52.5 Å². The summed E-state index contributed by atoms with van der Waals surface area (Å²) in [7, 11) is -4.89. The van der Waals surface area contributed by atoms with Crippen molar-refractivity contribution in [2.45, 2.75) is 62.1 Å². The average molecular weight is 405 g/mol. The third kappa shape index (κ3) is 6.96. The normalized spacial score (nSPS) is 33.8. The molecule has 148 valence electrons. The van der Waals surface area contributed by atoms with Crippen LogP contribution in [0.25, 0.3) is 0 Å². The van der Waals surface area contributed by atoms with Gasteiger partial charge in [-0.1, -0.05) is 23.8 Å². The van der Waals surface area contributed by atoms with E-state index in [1.807, 2.05) is 0 Å². The third-order valence-electron chi connectivity index (χ3n) is 3.63. The molecule has 1 aliphatic heterocycles. The molecule has 1 rings (SSSR count). The van der Waals surface area contributed by atoms with E-state index in [4.69, 9.17) is 14.4 Å². The predicted octanol–water partition coefficient (Wildman–Crippen LogP) is -1.80. The fourth-order valence-electron chi connectivity index (χ4n) is 1.93. The highest BCUT2D eigenvalue weighted by atomic mass is 32.3. The van der Waals surface area contributed by atoms with E-state index in [0.29, 0.717) is 11.8 Å². The first-order chi connectivity index (χ1) is 11.4. The molecule has 0 aromatic carbocycles. The molecular formula is C12H23NO10S2. The smallest absolute Gasteiger partial charge is 0.394 e. The van der Waals surface area contributed by atoms with Crippen LogP contribution in [0.1, 0.15) is 26.7 Å². The van der Waals surface area contributed by atoms with Crippen LogP contribution in [0.15, 0.2) is 5.16 Å². The van der Waals surface area contributed by atoms with Gasteiger partial charge in [-0.3, -0.25) is 4.55 Å². The fraction of sp³-hybridized carbons (Fsp3) is 0.917. The van der Waals surface area contributed by atoms with Crippen LogP contribution in [0.3, 0.4) is 0 Å². The second-order valence-corrected chi connectivity index (χ2v) is 8.01. The molecule has 0 aliphatic carbocycles. The molecule has 0 bridgehead atoms. The van der Waals surface area contributed by atoms with Gasteiger partial charge in [0.1, 0.15) is 34.9 Å². The molecule has 13 heteroatoms. The number of oxime groups is 1. The molecule has 0 aromatic heterocycles. The first kappa shape index (κ1) is 22.5. The molecule has 6 N–H and O–H groups in total. The van der Waals surface area contributed by atoms with Gasteiger partial charge in [0.15, 0.2) is 0 Å². The first-order valence-corrected chi connectivity index (χ1v) is 9.57. The first-order valence-electron chi connectivity index (χ1n) is 7.32. The quantitative estimate of drug-likeness (QED) is 0.121. The zero-order valence-electron chi connectivity index (χ0n) is 13.6. The molecule has 0 amide bonds. The summed E-state index contributed by atoms with van der Waals surface area (Å²) < 4.78 is 39.2. The predicted molar refractivity (Wildman–Crippen MR) is 87.0 cm³/mol. The minimum absolute atomic E-state index is 0.159. The van der Waals surface area contributed by atoms with Gasteiger partial charge in [-0.2, -0.15) is 8.42 Å². The van der Waals surface area contributed by atoms with Crippen LogP contribution in [0.4, 0.5) is 0 Å². The molecule has 6 atom stereocenters. The minimum Gasteiger partial charge on any atom is -0.394 e. The summed E-state index contributed by atoms with van der Waals surface area (Å²) in [4.78, 5) is 0. The Balaban J connectivity index is 2.99. The highest BCUT2D eigenvalue weighted by Crippen LogP contribution is 2.32. The molecule has 11 nitrogen and oxygen atoms in total. The molecule has 1 heterocycles. The topological polar surface area (TPSA) is 186 Å². The summed E-state index contributed by atoms with van der Waals surface area (Å²) in [6.07, 6.45) is -5.87. The maximum atomic E-state index is 10.7. The van der Waals surface area contributed by atoms with Gasteiger partial charge >= 0.3 is 10.4 Å². The van der Waals surface area contributed by atoms with Crippen molar-refractivity contribution in [2.24, 2.45) is 5.16 Å². The standard InChI is InChI=1S/C12H23NO10S2/c1-3-12(2,18)4-7(13-23-25(19,20)21)24-11-10(17)9(16)8(15)6(5-14)22-11/h6,8-11,14-18H,3-5H2,1-2H3,(H,19,20,21)/b13-7-/t6-,8-,9+,10-,11+,12?/m1/s1. The Morgan fingerprint density at radius 1 is 1.28 bits per heavy atom. The molecule has 0 radical (unpaired) electrons. The highest BCUT2D eigenvalue weighted by molar-refractivity contribution is 8.14. The number of hydrogen-bond acceptors (Lipinski definition) is 11. The molecule has 0 spiro atoms.